The summed E-state index contributed by atoms with van der Waals surface area (Å²) in [6, 6.07) is 14.3. The fraction of sp³-hybridized carbons (Fsp3) is 0.105. The van der Waals surface area contributed by atoms with E-state index in [0.29, 0.717) is 11.3 Å². The number of hydrogen-bond acceptors (Lipinski definition) is 3. The summed E-state index contributed by atoms with van der Waals surface area (Å²) in [6.07, 6.45) is 1.65. The van der Waals surface area contributed by atoms with Gasteiger partial charge in [0.2, 0.25) is 0 Å². The largest absolute Gasteiger partial charge is 0.772 e. The third-order valence-electron chi connectivity index (χ3n) is 3.89. The molecule has 0 aliphatic heterocycles. The van der Waals surface area contributed by atoms with Crippen molar-refractivity contribution in [2.24, 2.45) is 0 Å². The van der Waals surface area contributed by atoms with Gasteiger partial charge in [0.1, 0.15) is 5.82 Å². The first-order chi connectivity index (χ1) is 12.0. The van der Waals surface area contributed by atoms with Gasteiger partial charge >= 0.3 is 0 Å². The molecule has 0 bridgehead atoms. The van der Waals surface area contributed by atoms with Crippen LogP contribution < -0.4 is 0 Å². The Labute approximate surface area is 156 Å². The van der Waals surface area contributed by atoms with E-state index in [1.54, 1.807) is 12.3 Å². The van der Waals surface area contributed by atoms with Gasteiger partial charge < -0.3 is 4.55 Å². The molecule has 3 rings (SSSR count). The second kappa shape index (κ2) is 7.56. The van der Waals surface area contributed by atoms with Gasteiger partial charge in [0, 0.05) is 27.5 Å². The first-order valence-electron chi connectivity index (χ1n) is 7.52. The first kappa shape index (κ1) is 17.9. The molecule has 1 atom stereocenters. The lowest BCUT2D eigenvalue weighted by molar-refractivity contribution is 0.533. The second-order valence-electron chi connectivity index (χ2n) is 5.62. The van der Waals surface area contributed by atoms with Crippen LogP contribution in [0.25, 0.3) is 22.4 Å². The van der Waals surface area contributed by atoms with E-state index in [-0.39, 0.29) is 11.3 Å². The lowest BCUT2D eigenvalue weighted by atomic mass is 9.98. The average molecular weight is 419 g/mol. The first-order valence-corrected chi connectivity index (χ1v) is 9.55. The van der Waals surface area contributed by atoms with E-state index in [4.69, 9.17) is 0 Å². The summed E-state index contributed by atoms with van der Waals surface area (Å²) in [5.74, 6) is -0.894. The Morgan fingerprint density at radius 2 is 1.92 bits per heavy atom. The van der Waals surface area contributed by atoms with Crippen molar-refractivity contribution in [3.63, 3.8) is 0 Å². The zero-order valence-electron chi connectivity index (χ0n) is 13.3. The Balaban J connectivity index is 2.08. The molecule has 0 saturated heterocycles. The van der Waals surface area contributed by atoms with Crippen LogP contribution in [0.5, 0.6) is 0 Å². The summed E-state index contributed by atoms with van der Waals surface area (Å²) < 4.78 is 36.8. The van der Waals surface area contributed by atoms with E-state index in [1.807, 2.05) is 37.3 Å². The van der Waals surface area contributed by atoms with Gasteiger partial charge in [-0.05, 0) is 41.8 Å². The Kier molecular flexibility index (Phi) is 5.42. The van der Waals surface area contributed by atoms with Crippen LogP contribution >= 0.6 is 15.9 Å². The molecule has 6 heteroatoms. The van der Waals surface area contributed by atoms with Gasteiger partial charge in [-0.3, -0.25) is 9.19 Å². The van der Waals surface area contributed by atoms with E-state index < -0.39 is 16.9 Å². The standard InChI is InChI=1S/C19H15BrFNO2S/c1-12-4-5-13(9-17(12)20)16-3-2-8-22-19(16)14-6-7-15(11-25(23)24)18(21)10-14/h2-10H,11H2,1H3,(H,23,24)/p-1. The minimum atomic E-state index is -2.33. The normalized spacial score (nSPS) is 12.2. The molecule has 25 heavy (non-hydrogen) atoms. The molecule has 0 spiro atoms. The van der Waals surface area contributed by atoms with Crippen LogP contribution in [0.1, 0.15) is 11.1 Å². The van der Waals surface area contributed by atoms with Crippen molar-refractivity contribution in [3.8, 4) is 22.4 Å². The highest BCUT2D eigenvalue weighted by molar-refractivity contribution is 9.10. The predicted octanol–water partition coefficient (Wildman–Crippen LogP) is 5.00. The van der Waals surface area contributed by atoms with E-state index in [2.05, 4.69) is 20.9 Å². The molecule has 0 amide bonds. The molecule has 2 aromatic carbocycles. The molecular weight excluding hydrogens is 405 g/mol. The minimum absolute atomic E-state index is 0.146. The number of aryl methyl sites for hydroxylation is 1. The molecule has 0 saturated carbocycles. The Morgan fingerprint density at radius 1 is 1.16 bits per heavy atom. The van der Waals surface area contributed by atoms with E-state index >= 15 is 0 Å². The van der Waals surface area contributed by atoms with Crippen molar-refractivity contribution in [3.05, 3.63) is 76.1 Å². The van der Waals surface area contributed by atoms with Crippen molar-refractivity contribution in [1.82, 2.24) is 4.98 Å². The van der Waals surface area contributed by atoms with Crippen molar-refractivity contribution in [1.29, 1.82) is 0 Å². The number of rotatable bonds is 4. The number of aromatic nitrogens is 1. The maximum absolute atomic E-state index is 14.2. The summed E-state index contributed by atoms with van der Waals surface area (Å²) in [6.45, 7) is 2.01. The van der Waals surface area contributed by atoms with Crippen LogP contribution in [0.2, 0.25) is 0 Å². The van der Waals surface area contributed by atoms with Crippen molar-refractivity contribution >= 4 is 27.0 Å². The van der Waals surface area contributed by atoms with Crippen molar-refractivity contribution < 1.29 is 13.2 Å². The van der Waals surface area contributed by atoms with Crippen LogP contribution in [0.15, 0.2) is 59.2 Å². The molecule has 0 radical (unpaired) electrons. The third-order valence-corrected chi connectivity index (χ3v) is 5.29. The molecule has 1 unspecified atom stereocenters. The summed E-state index contributed by atoms with van der Waals surface area (Å²) >= 11 is 1.20. The van der Waals surface area contributed by atoms with Gasteiger partial charge in [-0.2, -0.15) is 0 Å². The van der Waals surface area contributed by atoms with Gasteiger partial charge in [-0.1, -0.05) is 57.3 Å². The highest BCUT2D eigenvalue weighted by atomic mass is 79.9. The van der Waals surface area contributed by atoms with Crippen LogP contribution in [-0.4, -0.2) is 13.7 Å². The summed E-state index contributed by atoms with van der Waals surface area (Å²) in [5.41, 5.74) is 4.36. The minimum Gasteiger partial charge on any atom is -0.772 e. The SMILES string of the molecule is Cc1ccc(-c2cccnc2-c2ccc(CS(=O)[O-])c(F)c2)cc1Br. The fourth-order valence-corrected chi connectivity index (χ4v) is 3.43. The van der Waals surface area contributed by atoms with Gasteiger partial charge in [-0.25, -0.2) is 4.39 Å². The maximum atomic E-state index is 14.2. The van der Waals surface area contributed by atoms with Crippen LogP contribution in [0, 0.1) is 12.7 Å². The van der Waals surface area contributed by atoms with E-state index in [9.17, 15) is 13.2 Å². The van der Waals surface area contributed by atoms with Crippen LogP contribution in [0.4, 0.5) is 4.39 Å². The monoisotopic (exact) mass is 418 g/mol. The quantitative estimate of drug-likeness (QED) is 0.559. The van der Waals surface area contributed by atoms with Gasteiger partial charge in [-0.15, -0.1) is 0 Å². The van der Waals surface area contributed by atoms with Crippen LogP contribution in [0.3, 0.4) is 0 Å². The smallest absolute Gasteiger partial charge is 0.127 e. The van der Waals surface area contributed by atoms with E-state index in [1.165, 1.54) is 12.1 Å². The summed E-state index contributed by atoms with van der Waals surface area (Å²) in [5, 5.41) is 0. The molecule has 1 aromatic heterocycles. The summed E-state index contributed by atoms with van der Waals surface area (Å²) in [4.78, 5) is 4.41. The number of benzene rings is 2. The Morgan fingerprint density at radius 3 is 2.60 bits per heavy atom. The molecule has 0 aliphatic carbocycles. The molecule has 0 fully saturated rings. The molecule has 1 heterocycles. The third kappa shape index (κ3) is 4.03. The molecule has 3 aromatic rings. The van der Waals surface area contributed by atoms with Gasteiger partial charge in [0.25, 0.3) is 0 Å². The number of hydrogen-bond donors (Lipinski definition) is 0. The molecule has 0 aliphatic rings. The molecular formula is C19H14BrFNO2S-. The number of nitrogens with zero attached hydrogens (tertiary/aromatic N) is 1. The zero-order chi connectivity index (χ0) is 18.0. The Bertz CT molecular complexity index is 962. The lowest BCUT2D eigenvalue weighted by Gasteiger charge is -2.12. The zero-order valence-corrected chi connectivity index (χ0v) is 15.7. The van der Waals surface area contributed by atoms with E-state index in [0.717, 1.165) is 21.2 Å². The number of pyridine rings is 1. The van der Waals surface area contributed by atoms with Gasteiger partial charge in [0.05, 0.1) is 5.69 Å². The highest BCUT2D eigenvalue weighted by Crippen LogP contribution is 2.33. The topological polar surface area (TPSA) is 53.0 Å². The maximum Gasteiger partial charge on any atom is 0.127 e. The molecule has 0 N–H and O–H groups in total. The van der Waals surface area contributed by atoms with Crippen molar-refractivity contribution in [2.45, 2.75) is 12.7 Å². The Hall–Kier alpha value is -1.89. The highest BCUT2D eigenvalue weighted by Gasteiger charge is 2.12. The summed E-state index contributed by atoms with van der Waals surface area (Å²) in [7, 11) is 0. The van der Waals surface area contributed by atoms with Crippen molar-refractivity contribution in [2.75, 3.05) is 0 Å². The second-order valence-corrected chi connectivity index (χ2v) is 7.37. The molecule has 3 nitrogen and oxygen atoms in total. The average Bonchev–Trinajstić information content (AvgIpc) is 2.59. The fourth-order valence-electron chi connectivity index (χ4n) is 2.57. The van der Waals surface area contributed by atoms with Gasteiger partial charge in [0.15, 0.2) is 0 Å². The number of halogens is 2. The lowest BCUT2D eigenvalue weighted by Crippen LogP contribution is -1.98. The predicted molar refractivity (Wildman–Crippen MR) is 100 cm³/mol. The molecule has 128 valence electrons. The van der Waals surface area contributed by atoms with Crippen LogP contribution in [-0.2, 0) is 16.8 Å².